The first kappa shape index (κ1) is 28.9. The number of hydrogen-bond acceptors (Lipinski definition) is 7. The number of rotatable bonds is 9. The molecule has 1 heterocycles. The summed E-state index contributed by atoms with van der Waals surface area (Å²) >= 11 is 0. The van der Waals surface area contributed by atoms with Gasteiger partial charge in [0.05, 0.1) is 20.1 Å². The summed E-state index contributed by atoms with van der Waals surface area (Å²) < 4.78 is 5.08. The first-order valence-corrected chi connectivity index (χ1v) is 12.8. The van der Waals surface area contributed by atoms with E-state index in [1.807, 2.05) is 42.5 Å². The van der Waals surface area contributed by atoms with Gasteiger partial charge in [0.2, 0.25) is 17.6 Å². The molecule has 0 N–H and O–H groups in total. The molecule has 0 aliphatic carbocycles. The monoisotopic (exact) mass is 553 g/mol. The van der Waals surface area contributed by atoms with Crippen molar-refractivity contribution in [2.45, 2.75) is 13.0 Å². The minimum Gasteiger partial charge on any atom is -0.481 e. The molecule has 0 fully saturated rings. The van der Waals surface area contributed by atoms with Crippen molar-refractivity contribution < 1.29 is 23.9 Å². The minimum atomic E-state index is -0.595. The number of methoxy groups -OCH3 is 1. The van der Waals surface area contributed by atoms with Gasteiger partial charge in [-0.25, -0.2) is 4.98 Å². The Morgan fingerprint density at radius 3 is 2.02 bits per heavy atom. The van der Waals surface area contributed by atoms with Crippen molar-refractivity contribution in [2.75, 3.05) is 40.2 Å². The Morgan fingerprint density at radius 2 is 1.41 bits per heavy atom. The summed E-state index contributed by atoms with van der Waals surface area (Å²) in [5.74, 6) is -1.76. The molecule has 0 saturated carbocycles. The highest BCUT2D eigenvalue weighted by molar-refractivity contribution is 6.11. The van der Waals surface area contributed by atoms with Crippen LogP contribution in [0.2, 0.25) is 0 Å². The second-order valence-electron chi connectivity index (χ2n) is 9.85. The number of fused-ring (bicyclic) bond motifs is 1. The Morgan fingerprint density at radius 1 is 0.780 bits per heavy atom. The lowest BCUT2D eigenvalue weighted by molar-refractivity contribution is -0.117. The molecule has 4 aromatic rings. The van der Waals surface area contributed by atoms with Gasteiger partial charge in [0, 0.05) is 57.3 Å². The van der Waals surface area contributed by atoms with Crippen molar-refractivity contribution in [2.24, 2.45) is 0 Å². The van der Waals surface area contributed by atoms with Gasteiger partial charge in [0.1, 0.15) is 0 Å². The lowest BCUT2D eigenvalue weighted by atomic mass is 10.0. The molecular weight excluding hydrogens is 522 g/mol. The van der Waals surface area contributed by atoms with E-state index in [0.29, 0.717) is 5.69 Å². The average Bonchev–Trinajstić information content (AvgIpc) is 2.98. The second-order valence-corrected chi connectivity index (χ2v) is 9.85. The van der Waals surface area contributed by atoms with Gasteiger partial charge in [0.15, 0.2) is 5.82 Å². The highest BCUT2D eigenvalue weighted by Crippen LogP contribution is 2.26. The zero-order valence-electron chi connectivity index (χ0n) is 23.6. The third-order valence-corrected chi connectivity index (χ3v) is 6.39. The molecule has 0 aliphatic heterocycles. The molecule has 0 aliphatic rings. The molecule has 4 rings (SSSR count). The molecule has 0 spiro atoms. The molecule has 3 amide bonds. The maximum absolute atomic E-state index is 13.8. The number of amides is 3. The summed E-state index contributed by atoms with van der Waals surface area (Å²) in [4.78, 5) is 65.1. The van der Waals surface area contributed by atoms with Crippen molar-refractivity contribution in [3.63, 3.8) is 0 Å². The topological polar surface area (TPSA) is 113 Å². The number of ether oxygens (including phenoxy) is 1. The highest BCUT2D eigenvalue weighted by Gasteiger charge is 2.25. The zero-order valence-corrected chi connectivity index (χ0v) is 23.6. The predicted octanol–water partition coefficient (Wildman–Crippen LogP) is 3.85. The molecule has 0 bridgehead atoms. The van der Waals surface area contributed by atoms with Crippen LogP contribution in [0.3, 0.4) is 0 Å². The maximum Gasteiger partial charge on any atom is 0.253 e. The summed E-state index contributed by atoms with van der Waals surface area (Å²) in [5.41, 5.74) is 1.57. The SMILES string of the molecule is COc1ccnc(C(=O)CC(=O)N(Cc2ccc3ccccc3c2)c2cc(C(=O)N(C)C)cc(C(=O)N(C)C)c2)n1. The van der Waals surface area contributed by atoms with Crippen molar-refractivity contribution in [1.82, 2.24) is 19.8 Å². The summed E-state index contributed by atoms with van der Waals surface area (Å²) in [7, 11) is 7.84. The van der Waals surface area contributed by atoms with E-state index in [2.05, 4.69) is 9.97 Å². The van der Waals surface area contributed by atoms with Crippen LogP contribution < -0.4 is 9.64 Å². The van der Waals surface area contributed by atoms with Gasteiger partial charge >= 0.3 is 0 Å². The molecule has 0 unspecified atom stereocenters. The summed E-state index contributed by atoms with van der Waals surface area (Å²) in [6.07, 6.45) is 0.843. The number of nitrogens with zero attached hydrogens (tertiary/aromatic N) is 5. The van der Waals surface area contributed by atoms with E-state index in [1.54, 1.807) is 40.3 Å². The number of aromatic nitrogens is 2. The summed E-state index contributed by atoms with van der Waals surface area (Å²) in [6, 6.07) is 19.8. The Balaban J connectivity index is 1.79. The van der Waals surface area contributed by atoms with E-state index >= 15 is 0 Å². The van der Waals surface area contributed by atoms with Crippen LogP contribution in [0.4, 0.5) is 5.69 Å². The lowest BCUT2D eigenvalue weighted by Crippen LogP contribution is -2.33. The van der Waals surface area contributed by atoms with Gasteiger partial charge in [-0.2, -0.15) is 4.98 Å². The number of carbonyl (C=O) groups is 4. The lowest BCUT2D eigenvalue weighted by Gasteiger charge is -2.25. The molecule has 0 atom stereocenters. The number of hydrogen-bond donors (Lipinski definition) is 0. The molecule has 0 saturated heterocycles. The van der Waals surface area contributed by atoms with Gasteiger partial charge in [-0.3, -0.25) is 19.2 Å². The zero-order chi connectivity index (χ0) is 29.7. The van der Waals surface area contributed by atoms with Crippen LogP contribution in [0.15, 0.2) is 72.9 Å². The van der Waals surface area contributed by atoms with Crippen LogP contribution >= 0.6 is 0 Å². The van der Waals surface area contributed by atoms with Crippen molar-refractivity contribution in [3.8, 4) is 5.88 Å². The summed E-state index contributed by atoms with van der Waals surface area (Å²) in [5, 5.41) is 2.02. The average molecular weight is 554 g/mol. The first-order chi connectivity index (χ1) is 19.6. The predicted molar refractivity (Wildman–Crippen MR) is 155 cm³/mol. The molecule has 41 heavy (non-hydrogen) atoms. The van der Waals surface area contributed by atoms with Gasteiger partial charge < -0.3 is 19.4 Å². The molecular formula is C31H31N5O5. The van der Waals surface area contributed by atoms with Crippen LogP contribution in [0.25, 0.3) is 10.8 Å². The molecule has 1 aromatic heterocycles. The fraction of sp³-hybridized carbons (Fsp3) is 0.226. The van der Waals surface area contributed by atoms with Gasteiger partial charge in [-0.05, 0) is 40.6 Å². The Labute approximate surface area is 238 Å². The second kappa shape index (κ2) is 12.4. The number of anilines is 1. The number of benzene rings is 3. The van der Waals surface area contributed by atoms with E-state index in [-0.39, 0.29) is 41.2 Å². The van der Waals surface area contributed by atoms with Crippen molar-refractivity contribution in [3.05, 3.63) is 95.4 Å². The van der Waals surface area contributed by atoms with Gasteiger partial charge in [-0.1, -0.05) is 36.4 Å². The van der Waals surface area contributed by atoms with Crippen LogP contribution in [0.5, 0.6) is 5.88 Å². The van der Waals surface area contributed by atoms with Gasteiger partial charge in [0.25, 0.3) is 11.8 Å². The van der Waals surface area contributed by atoms with E-state index in [4.69, 9.17) is 4.74 Å². The number of ketones is 1. The van der Waals surface area contributed by atoms with Crippen LogP contribution in [-0.2, 0) is 11.3 Å². The van der Waals surface area contributed by atoms with Crippen LogP contribution in [-0.4, -0.2) is 78.6 Å². The summed E-state index contributed by atoms with van der Waals surface area (Å²) in [6.45, 7) is 0.0884. The largest absolute Gasteiger partial charge is 0.481 e. The number of Topliss-reactive ketones (excluding diaryl/α,β-unsaturated/α-hetero) is 1. The highest BCUT2D eigenvalue weighted by atomic mass is 16.5. The molecule has 10 heteroatoms. The van der Waals surface area contributed by atoms with Gasteiger partial charge in [-0.15, -0.1) is 0 Å². The quantitative estimate of drug-likeness (QED) is 0.229. The van der Waals surface area contributed by atoms with E-state index in [0.717, 1.165) is 16.3 Å². The molecule has 10 nitrogen and oxygen atoms in total. The Hall–Kier alpha value is -5.12. The maximum atomic E-state index is 13.8. The normalized spacial score (nSPS) is 10.7. The smallest absolute Gasteiger partial charge is 0.253 e. The molecule has 210 valence electrons. The van der Waals surface area contributed by atoms with Crippen LogP contribution in [0.1, 0.15) is 43.3 Å². The number of carbonyl (C=O) groups excluding carboxylic acids is 4. The van der Waals surface area contributed by atoms with Crippen molar-refractivity contribution in [1.29, 1.82) is 0 Å². The fourth-order valence-electron chi connectivity index (χ4n) is 4.28. The molecule has 0 radical (unpaired) electrons. The third-order valence-electron chi connectivity index (χ3n) is 6.39. The molecule has 3 aromatic carbocycles. The van der Waals surface area contributed by atoms with E-state index in [9.17, 15) is 19.2 Å². The first-order valence-electron chi connectivity index (χ1n) is 12.8. The van der Waals surface area contributed by atoms with Crippen molar-refractivity contribution >= 4 is 40.0 Å². The fourth-order valence-corrected chi connectivity index (χ4v) is 4.28. The third kappa shape index (κ3) is 6.73. The van der Waals surface area contributed by atoms with E-state index < -0.39 is 18.1 Å². The standard InChI is InChI=1S/C31H31N5O5/c1-34(2)30(39)23-15-24(31(40)35(3)4)17-25(16-23)36(19-20-10-11-21-8-6-7-9-22(21)14-20)28(38)18-26(37)29-32-13-12-27(33-29)41-5/h6-17H,18-19H2,1-5H3. The van der Waals surface area contributed by atoms with E-state index in [1.165, 1.54) is 40.1 Å². The minimum absolute atomic E-state index is 0.0884. The Bertz CT molecular complexity index is 1590. The Kier molecular flexibility index (Phi) is 8.72. The van der Waals surface area contributed by atoms with Crippen LogP contribution in [0, 0.1) is 0 Å².